The summed E-state index contributed by atoms with van der Waals surface area (Å²) in [6, 6.07) is 3.55. The molecular weight excluding hydrogens is 590 g/mol. The number of thiophene rings is 2. The first-order valence-electron chi connectivity index (χ1n) is 11.7. The van der Waals surface area contributed by atoms with Gasteiger partial charge in [-0.25, -0.2) is 36.8 Å². The lowest BCUT2D eigenvalue weighted by atomic mass is 10.2. The Morgan fingerprint density at radius 2 is 1.35 bits per heavy atom. The van der Waals surface area contributed by atoms with Crippen molar-refractivity contribution in [2.75, 3.05) is 32.2 Å². The summed E-state index contributed by atoms with van der Waals surface area (Å²) in [4.78, 5) is 18.0. The minimum Gasteiger partial charge on any atom is -0.407 e. The maximum absolute atomic E-state index is 12.7. The highest BCUT2D eigenvalue weighted by molar-refractivity contribution is 7.93. The number of nitrogens with one attached hydrogen (secondary N) is 2. The van der Waals surface area contributed by atoms with E-state index >= 15 is 0 Å². The molecule has 0 bridgehead atoms. The van der Waals surface area contributed by atoms with E-state index in [0.717, 1.165) is 16.2 Å². The molecule has 0 unspecified atom stereocenters. The average Bonchev–Trinajstić information content (AvgIpc) is 3.64. The van der Waals surface area contributed by atoms with Crippen LogP contribution < -0.4 is 19.1 Å². The Bertz CT molecular complexity index is 1810. The fourth-order valence-electron chi connectivity index (χ4n) is 4.19. The zero-order valence-electron chi connectivity index (χ0n) is 21.0. The number of rotatable bonds is 6. The third-order valence-corrected chi connectivity index (χ3v) is 11.3. The second kappa shape index (κ2) is 10.8. The monoisotopic (exact) mass is 610 g/mol. The lowest BCUT2D eigenvalue weighted by Crippen LogP contribution is -2.34. The Hall–Kier alpha value is -3.47. The first-order valence-corrected chi connectivity index (χ1v) is 16.3. The fourth-order valence-corrected chi connectivity index (χ4v) is 9.41. The topological polar surface area (TPSA) is 150 Å². The summed E-state index contributed by atoms with van der Waals surface area (Å²) in [6.45, 7) is 6.17. The van der Waals surface area contributed by atoms with Crippen molar-refractivity contribution in [1.82, 2.24) is 19.9 Å². The van der Waals surface area contributed by atoms with Crippen LogP contribution in [0.2, 0.25) is 0 Å². The molecule has 0 saturated carbocycles. The van der Waals surface area contributed by atoms with Gasteiger partial charge in [-0.2, -0.15) is 0 Å². The van der Waals surface area contributed by atoms with Gasteiger partial charge in [-0.15, -0.1) is 29.3 Å². The molecule has 6 heterocycles. The molecule has 0 aliphatic carbocycles. The molecule has 0 fully saturated rings. The number of fused-ring (bicyclic) bond motifs is 6. The van der Waals surface area contributed by atoms with Gasteiger partial charge in [0.05, 0.1) is 40.1 Å². The highest BCUT2D eigenvalue weighted by Gasteiger charge is 2.38. The van der Waals surface area contributed by atoms with E-state index in [1.165, 1.54) is 43.7 Å². The molecule has 202 valence electrons. The summed E-state index contributed by atoms with van der Waals surface area (Å²) in [6.07, 6.45) is 4.84. The largest absolute Gasteiger partial charge is 0.407 e. The molecule has 0 amide bonds. The minimum atomic E-state index is -3.68. The van der Waals surface area contributed by atoms with E-state index < -0.39 is 20.0 Å². The Kier molecular flexibility index (Phi) is 7.60. The number of aromatic nitrogens is 4. The third kappa shape index (κ3) is 4.53. The van der Waals surface area contributed by atoms with Gasteiger partial charge in [-0.1, -0.05) is 13.0 Å². The van der Waals surface area contributed by atoms with E-state index in [1.54, 1.807) is 18.2 Å². The summed E-state index contributed by atoms with van der Waals surface area (Å²) in [5.41, 5.74) is 2.05. The van der Waals surface area contributed by atoms with Gasteiger partial charge in [-0.05, 0) is 29.3 Å². The van der Waals surface area contributed by atoms with Crippen molar-refractivity contribution >= 4 is 82.0 Å². The predicted octanol–water partition coefficient (Wildman–Crippen LogP) is 3.01. The first kappa shape index (κ1) is 28.1. The van der Waals surface area contributed by atoms with Crippen molar-refractivity contribution in [3.05, 3.63) is 47.9 Å². The Morgan fingerprint density at radius 1 is 0.875 bits per heavy atom. The number of nitrogens with zero attached hydrogens (tertiary/aromatic N) is 6. The van der Waals surface area contributed by atoms with Gasteiger partial charge in [0, 0.05) is 6.54 Å². The molecule has 0 spiro atoms. The van der Waals surface area contributed by atoms with E-state index in [2.05, 4.69) is 37.0 Å². The van der Waals surface area contributed by atoms with Crippen LogP contribution in [0.1, 0.15) is 13.3 Å². The van der Waals surface area contributed by atoms with Crippen LogP contribution in [0.15, 0.2) is 57.7 Å². The van der Waals surface area contributed by atoms with Crippen LogP contribution in [-0.4, -0.2) is 65.8 Å². The molecule has 2 N–H and O–H groups in total. The van der Waals surface area contributed by atoms with E-state index in [0.29, 0.717) is 29.3 Å². The fraction of sp³-hybridized carbons (Fsp3) is 0.182. The quantitative estimate of drug-likeness (QED) is 0.246. The minimum absolute atomic E-state index is 0.0771. The molecule has 0 aromatic carbocycles. The second-order valence-corrected chi connectivity index (χ2v) is 13.8. The number of sulfonamides is 2. The molecule has 4 radical (unpaired) electrons. The SMILES string of the molecule is [B]Nc1ncc2c(n1)-c1sccc1N(CC=C)S2(=O)=O.[B]Nc1ncc2c(n1)-c1sccc1N(CCC)S2(=O)=O. The van der Waals surface area contributed by atoms with E-state index in [1.807, 2.05) is 17.7 Å². The second-order valence-electron chi connectivity index (χ2n) is 8.27. The van der Waals surface area contributed by atoms with Gasteiger partial charge in [0.1, 0.15) is 21.2 Å². The van der Waals surface area contributed by atoms with Crippen molar-refractivity contribution in [1.29, 1.82) is 0 Å². The molecular formula is C22H20B2N8O4S4. The Balaban J connectivity index is 0.000000161. The maximum Gasteiger partial charge on any atom is 0.268 e. The summed E-state index contributed by atoms with van der Waals surface area (Å²) >= 11 is 2.87. The zero-order valence-corrected chi connectivity index (χ0v) is 24.2. The van der Waals surface area contributed by atoms with E-state index in [-0.39, 0.29) is 28.2 Å². The maximum atomic E-state index is 12.7. The van der Waals surface area contributed by atoms with Gasteiger partial charge in [0.25, 0.3) is 20.0 Å². The molecule has 40 heavy (non-hydrogen) atoms. The van der Waals surface area contributed by atoms with Crippen molar-refractivity contribution in [3.63, 3.8) is 0 Å². The molecule has 2 aliphatic heterocycles. The van der Waals surface area contributed by atoms with Crippen LogP contribution in [-0.2, 0) is 20.0 Å². The molecule has 18 heteroatoms. The number of anilines is 4. The molecule has 12 nitrogen and oxygen atoms in total. The first-order chi connectivity index (χ1) is 19.2. The van der Waals surface area contributed by atoms with Crippen LogP contribution in [0, 0.1) is 0 Å². The molecule has 6 rings (SSSR count). The van der Waals surface area contributed by atoms with Gasteiger partial charge in [0.15, 0.2) is 0 Å². The van der Waals surface area contributed by atoms with Gasteiger partial charge < -0.3 is 10.5 Å². The summed E-state index contributed by atoms with van der Waals surface area (Å²) in [5, 5.41) is 8.34. The van der Waals surface area contributed by atoms with Crippen LogP contribution >= 0.6 is 22.7 Å². The molecule has 4 aromatic rings. The van der Waals surface area contributed by atoms with Crippen molar-refractivity contribution < 1.29 is 16.8 Å². The predicted molar refractivity (Wildman–Crippen MR) is 159 cm³/mol. The highest BCUT2D eigenvalue weighted by atomic mass is 32.2. The lowest BCUT2D eigenvalue weighted by Gasteiger charge is -2.28. The molecule has 0 saturated heterocycles. The highest BCUT2D eigenvalue weighted by Crippen LogP contribution is 2.46. The summed E-state index contributed by atoms with van der Waals surface area (Å²) in [7, 11) is 3.28. The zero-order chi connectivity index (χ0) is 28.7. The number of hydrogen-bond donors (Lipinski definition) is 2. The van der Waals surface area contributed by atoms with Crippen LogP contribution in [0.25, 0.3) is 21.1 Å². The van der Waals surface area contributed by atoms with Crippen LogP contribution in [0.3, 0.4) is 0 Å². The molecule has 4 aromatic heterocycles. The van der Waals surface area contributed by atoms with Crippen LogP contribution in [0.5, 0.6) is 0 Å². The van der Waals surface area contributed by atoms with Gasteiger partial charge >= 0.3 is 0 Å². The third-order valence-electron chi connectivity index (χ3n) is 5.88. The summed E-state index contributed by atoms with van der Waals surface area (Å²) in [5.74, 6) is 0.373. The van der Waals surface area contributed by atoms with E-state index in [9.17, 15) is 16.8 Å². The van der Waals surface area contributed by atoms with Crippen molar-refractivity contribution in [2.24, 2.45) is 0 Å². The summed E-state index contributed by atoms with van der Waals surface area (Å²) < 4.78 is 53.2. The Morgan fingerprint density at radius 3 is 1.80 bits per heavy atom. The Labute approximate surface area is 242 Å². The molecule has 0 atom stereocenters. The molecule has 2 aliphatic rings. The standard InChI is InChI=1S/C11H11BN4O2S2.C11H9BN4O2S2/c2*1-2-4-16-7-3-5-19-10(7)9-8(20(16,17)18)6-13-11(14-9)15-12/h3,5-6H,2,4H2,1H3,(H,13,14,15);2-3,5-6H,1,4H2,(H,13,14,15). The number of hydrogen-bond acceptors (Lipinski definition) is 12. The van der Waals surface area contributed by atoms with Crippen molar-refractivity contribution in [3.8, 4) is 21.1 Å². The normalized spacial score (nSPS) is 15.4. The smallest absolute Gasteiger partial charge is 0.268 e. The average molecular weight is 610 g/mol. The van der Waals surface area contributed by atoms with Crippen molar-refractivity contribution in [2.45, 2.75) is 23.1 Å². The van der Waals surface area contributed by atoms with Crippen LogP contribution in [0.4, 0.5) is 23.3 Å². The lowest BCUT2D eigenvalue weighted by molar-refractivity contribution is 0.588. The van der Waals surface area contributed by atoms with E-state index in [4.69, 9.17) is 16.0 Å². The van der Waals surface area contributed by atoms with Gasteiger partial charge in [-0.3, -0.25) is 8.61 Å². The van der Waals surface area contributed by atoms with Gasteiger partial charge in [0.2, 0.25) is 27.9 Å².